The smallest absolute Gasteiger partial charge is 0.270 e. The number of benzene rings is 1. The van der Waals surface area contributed by atoms with E-state index in [9.17, 15) is 19.3 Å². The van der Waals surface area contributed by atoms with Crippen LogP contribution in [0.2, 0.25) is 0 Å². The molecule has 1 fully saturated rings. The molecule has 1 aliphatic heterocycles. The van der Waals surface area contributed by atoms with Gasteiger partial charge in [-0.2, -0.15) is 0 Å². The first-order valence-electron chi connectivity index (χ1n) is 9.72. The number of halogens is 1. The minimum atomic E-state index is -0.736. The van der Waals surface area contributed by atoms with Gasteiger partial charge < -0.3 is 10.2 Å². The van der Waals surface area contributed by atoms with Crippen molar-refractivity contribution in [1.82, 2.24) is 25.2 Å². The van der Waals surface area contributed by atoms with Crippen LogP contribution in [0.3, 0.4) is 0 Å². The Morgan fingerprint density at radius 1 is 1.38 bits per heavy atom. The number of nitrogens with zero attached hydrogens (tertiary/aromatic N) is 7. The zero-order valence-corrected chi connectivity index (χ0v) is 18.0. The van der Waals surface area contributed by atoms with Crippen molar-refractivity contribution in [2.24, 2.45) is 13.0 Å². The van der Waals surface area contributed by atoms with Gasteiger partial charge in [-0.15, -0.1) is 5.10 Å². The number of hydrogen-bond donors (Lipinski definition) is 1. The number of anilines is 2. The van der Waals surface area contributed by atoms with Crippen molar-refractivity contribution < 1.29 is 14.1 Å². The summed E-state index contributed by atoms with van der Waals surface area (Å²) in [4.78, 5) is 30.0. The van der Waals surface area contributed by atoms with Gasteiger partial charge in [0.15, 0.2) is 11.6 Å². The number of aryl methyl sites for hydroxylation is 1. The fraction of sp³-hybridized carbons (Fsp3) is 0.316. The standard InChI is InChI=1S/C19H19FN8O3S/c1-11-5-6-27(10-11)13-8-15(20)17(21-9-13)22-18(29)14-7-12(28(30)31)3-4-16(14)32-19-23-24-25-26(19)2/h3-4,7-9,11H,5-6,10H2,1-2H3,(H,21,22,29)/t11-/m1/s1. The second-order valence-electron chi connectivity index (χ2n) is 7.44. The molecule has 32 heavy (non-hydrogen) atoms. The molecule has 0 radical (unpaired) electrons. The van der Waals surface area contributed by atoms with E-state index in [0.29, 0.717) is 21.7 Å². The van der Waals surface area contributed by atoms with E-state index in [1.165, 1.54) is 29.1 Å². The summed E-state index contributed by atoms with van der Waals surface area (Å²) in [5, 5.41) is 25.1. The Hall–Kier alpha value is -3.61. The lowest BCUT2D eigenvalue weighted by molar-refractivity contribution is -0.384. The zero-order valence-electron chi connectivity index (χ0n) is 17.2. The van der Waals surface area contributed by atoms with Crippen LogP contribution in [0.4, 0.5) is 21.6 Å². The largest absolute Gasteiger partial charge is 0.370 e. The highest BCUT2D eigenvalue weighted by molar-refractivity contribution is 7.99. The summed E-state index contributed by atoms with van der Waals surface area (Å²) in [6.07, 6.45) is 2.53. The summed E-state index contributed by atoms with van der Waals surface area (Å²) in [7, 11) is 1.62. The molecule has 0 bridgehead atoms. The molecule has 4 rings (SSSR count). The molecule has 11 nitrogen and oxygen atoms in total. The normalized spacial score (nSPS) is 15.7. The van der Waals surface area contributed by atoms with Gasteiger partial charge in [0.2, 0.25) is 5.16 Å². The maximum absolute atomic E-state index is 14.7. The van der Waals surface area contributed by atoms with Gasteiger partial charge >= 0.3 is 0 Å². The highest BCUT2D eigenvalue weighted by Crippen LogP contribution is 2.32. The Bertz CT molecular complexity index is 1190. The molecule has 1 N–H and O–H groups in total. The number of nitro benzene ring substituents is 1. The average molecular weight is 458 g/mol. The molecule has 13 heteroatoms. The van der Waals surface area contributed by atoms with Gasteiger partial charge in [0.25, 0.3) is 11.6 Å². The number of pyridine rings is 1. The summed E-state index contributed by atoms with van der Waals surface area (Å²) in [5.41, 5.74) is 0.347. The van der Waals surface area contributed by atoms with Crippen LogP contribution in [0.25, 0.3) is 0 Å². The van der Waals surface area contributed by atoms with E-state index in [0.717, 1.165) is 37.3 Å². The second-order valence-corrected chi connectivity index (χ2v) is 8.45. The molecular weight excluding hydrogens is 439 g/mol. The number of amides is 1. The first-order valence-corrected chi connectivity index (χ1v) is 10.5. The number of nitrogens with one attached hydrogen (secondary N) is 1. The molecule has 1 saturated heterocycles. The van der Waals surface area contributed by atoms with E-state index in [2.05, 4.69) is 32.7 Å². The van der Waals surface area contributed by atoms with E-state index in [-0.39, 0.29) is 17.1 Å². The highest BCUT2D eigenvalue weighted by Gasteiger charge is 2.23. The molecule has 1 atom stereocenters. The van der Waals surface area contributed by atoms with E-state index in [1.807, 2.05) is 4.90 Å². The Morgan fingerprint density at radius 3 is 2.81 bits per heavy atom. The quantitative estimate of drug-likeness (QED) is 0.437. The Kier molecular flexibility index (Phi) is 5.99. The summed E-state index contributed by atoms with van der Waals surface area (Å²) in [5.74, 6) is -1.16. The van der Waals surface area contributed by atoms with Crippen LogP contribution in [0, 0.1) is 21.8 Å². The third-order valence-corrected chi connectivity index (χ3v) is 6.15. The Morgan fingerprint density at radius 2 is 2.19 bits per heavy atom. The van der Waals surface area contributed by atoms with Crippen molar-refractivity contribution >= 4 is 34.9 Å². The van der Waals surface area contributed by atoms with Gasteiger partial charge in [-0.3, -0.25) is 14.9 Å². The predicted molar refractivity (Wildman–Crippen MR) is 114 cm³/mol. The summed E-state index contributed by atoms with van der Waals surface area (Å²) in [6, 6.07) is 5.15. The Balaban J connectivity index is 1.60. The third-order valence-electron chi connectivity index (χ3n) is 5.05. The summed E-state index contributed by atoms with van der Waals surface area (Å²) in [6.45, 7) is 3.77. The predicted octanol–water partition coefficient (Wildman–Crippen LogP) is 2.90. The van der Waals surface area contributed by atoms with E-state index in [4.69, 9.17) is 0 Å². The SMILES string of the molecule is C[C@@H]1CCN(c2cnc(NC(=O)c3cc([N+](=O)[O-])ccc3Sc3nnnn3C)c(F)c2)C1. The summed E-state index contributed by atoms with van der Waals surface area (Å²) >= 11 is 1.05. The van der Waals surface area contributed by atoms with Crippen molar-refractivity contribution in [2.75, 3.05) is 23.3 Å². The van der Waals surface area contributed by atoms with Gasteiger partial charge in [0.05, 0.1) is 22.4 Å². The molecule has 0 spiro atoms. The number of non-ortho nitro benzene ring substituents is 1. The lowest BCUT2D eigenvalue weighted by atomic mass is 10.2. The van der Waals surface area contributed by atoms with Crippen molar-refractivity contribution in [3.8, 4) is 0 Å². The molecule has 0 aliphatic carbocycles. The number of carbonyl (C=O) groups is 1. The fourth-order valence-electron chi connectivity index (χ4n) is 3.34. The molecule has 0 unspecified atom stereocenters. The van der Waals surface area contributed by atoms with Crippen molar-refractivity contribution in [3.05, 3.63) is 52.0 Å². The number of nitro groups is 1. The molecular formula is C19H19FN8O3S. The van der Waals surface area contributed by atoms with Crippen molar-refractivity contribution in [2.45, 2.75) is 23.4 Å². The van der Waals surface area contributed by atoms with Gasteiger partial charge in [0, 0.05) is 43.2 Å². The van der Waals surface area contributed by atoms with Crippen molar-refractivity contribution in [3.63, 3.8) is 0 Å². The number of hydrogen-bond acceptors (Lipinski definition) is 9. The van der Waals surface area contributed by atoms with Crippen LogP contribution in [-0.2, 0) is 7.05 Å². The van der Waals surface area contributed by atoms with Crippen LogP contribution in [-0.4, -0.2) is 49.1 Å². The minimum absolute atomic E-state index is 0.0224. The van der Waals surface area contributed by atoms with E-state index < -0.39 is 16.6 Å². The number of rotatable bonds is 6. The lowest BCUT2D eigenvalue weighted by Gasteiger charge is -2.18. The molecule has 0 saturated carbocycles. The molecule has 3 heterocycles. The molecule has 1 amide bonds. The van der Waals surface area contributed by atoms with Crippen LogP contribution >= 0.6 is 11.8 Å². The highest BCUT2D eigenvalue weighted by atomic mass is 32.2. The molecule has 1 aliphatic rings. The first-order chi connectivity index (χ1) is 15.3. The van der Waals surface area contributed by atoms with Gasteiger partial charge in [-0.1, -0.05) is 6.92 Å². The van der Waals surface area contributed by atoms with Gasteiger partial charge in [-0.05, 0) is 40.6 Å². The summed E-state index contributed by atoms with van der Waals surface area (Å²) < 4.78 is 16.1. The topological polar surface area (TPSA) is 132 Å². The fourth-order valence-corrected chi connectivity index (χ4v) is 4.18. The second kappa shape index (κ2) is 8.86. The van der Waals surface area contributed by atoms with E-state index >= 15 is 0 Å². The van der Waals surface area contributed by atoms with Crippen LogP contribution in [0.1, 0.15) is 23.7 Å². The monoisotopic (exact) mass is 458 g/mol. The van der Waals surface area contributed by atoms with Crippen molar-refractivity contribution in [1.29, 1.82) is 0 Å². The van der Waals surface area contributed by atoms with Crippen LogP contribution in [0.5, 0.6) is 0 Å². The van der Waals surface area contributed by atoms with Gasteiger partial charge in [-0.25, -0.2) is 14.1 Å². The maximum Gasteiger partial charge on any atom is 0.270 e. The zero-order chi connectivity index (χ0) is 22.8. The average Bonchev–Trinajstić information content (AvgIpc) is 3.37. The number of aromatic nitrogens is 5. The molecule has 2 aromatic heterocycles. The van der Waals surface area contributed by atoms with Crippen LogP contribution in [0.15, 0.2) is 40.5 Å². The molecule has 3 aromatic rings. The molecule has 1 aromatic carbocycles. The number of tetrazole rings is 1. The molecule has 166 valence electrons. The van der Waals surface area contributed by atoms with Crippen LogP contribution < -0.4 is 10.2 Å². The maximum atomic E-state index is 14.7. The Labute approximate surface area is 186 Å². The lowest BCUT2D eigenvalue weighted by Crippen LogP contribution is -2.20. The first kappa shape index (κ1) is 21.6. The minimum Gasteiger partial charge on any atom is -0.370 e. The third kappa shape index (κ3) is 4.51. The number of carbonyl (C=O) groups excluding carboxylic acids is 1. The van der Waals surface area contributed by atoms with Gasteiger partial charge in [0.1, 0.15) is 0 Å². The van der Waals surface area contributed by atoms with E-state index in [1.54, 1.807) is 7.05 Å².